The van der Waals surface area contributed by atoms with Crippen LogP contribution in [0.15, 0.2) is 42.5 Å². The van der Waals surface area contributed by atoms with E-state index in [2.05, 4.69) is 29.4 Å². The molecule has 0 saturated carbocycles. The molecule has 3 rings (SSSR count). The molecular formula is C24H29Cl2N3O2. The fourth-order valence-corrected chi connectivity index (χ4v) is 4.14. The molecule has 2 N–H and O–H groups in total. The Morgan fingerprint density at radius 1 is 1.06 bits per heavy atom. The minimum absolute atomic E-state index is 0.0382. The van der Waals surface area contributed by atoms with Crippen molar-refractivity contribution in [2.45, 2.75) is 39.2 Å². The summed E-state index contributed by atoms with van der Waals surface area (Å²) in [6.07, 6.45) is 2.61. The molecule has 0 spiro atoms. The molecule has 1 aliphatic rings. The zero-order valence-electron chi connectivity index (χ0n) is 18.0. The number of carbonyl (C=O) groups excluding carboxylic acids is 2. The standard InChI is InChI=1S/C24H29Cl2N3O2/c1-3-16(2)15-27-23(30)20-6-4-5-7-22(20)29-12-10-18(11-13-29)28-24(31)19-9-8-17(25)14-21(19)26/h4-9,14,16,18H,3,10-13,15H2,1-2H3,(H,27,30)(H,28,31). The van der Waals surface area contributed by atoms with Gasteiger partial charge in [-0.25, -0.2) is 0 Å². The number of hydrogen-bond donors (Lipinski definition) is 2. The van der Waals surface area contributed by atoms with E-state index in [9.17, 15) is 9.59 Å². The van der Waals surface area contributed by atoms with Crippen molar-refractivity contribution in [3.63, 3.8) is 0 Å². The van der Waals surface area contributed by atoms with Gasteiger partial charge in [-0.15, -0.1) is 0 Å². The Morgan fingerprint density at radius 3 is 2.45 bits per heavy atom. The van der Waals surface area contributed by atoms with Crippen molar-refractivity contribution in [3.05, 3.63) is 63.6 Å². The summed E-state index contributed by atoms with van der Waals surface area (Å²) >= 11 is 12.1. The first-order chi connectivity index (χ1) is 14.9. The molecule has 1 atom stereocenters. The third kappa shape index (κ3) is 6.14. The predicted molar refractivity (Wildman–Crippen MR) is 127 cm³/mol. The monoisotopic (exact) mass is 461 g/mol. The number of nitrogens with one attached hydrogen (secondary N) is 2. The van der Waals surface area contributed by atoms with Crippen molar-refractivity contribution in [2.75, 3.05) is 24.5 Å². The first kappa shape index (κ1) is 23.4. The van der Waals surface area contributed by atoms with E-state index in [1.165, 1.54) is 0 Å². The van der Waals surface area contributed by atoms with E-state index in [0.29, 0.717) is 33.6 Å². The Balaban J connectivity index is 1.59. The molecule has 0 radical (unpaired) electrons. The molecule has 1 unspecified atom stereocenters. The average molecular weight is 462 g/mol. The second-order valence-corrected chi connectivity index (χ2v) is 8.94. The number of halogens is 2. The van der Waals surface area contributed by atoms with Gasteiger partial charge in [-0.2, -0.15) is 0 Å². The molecule has 0 bridgehead atoms. The van der Waals surface area contributed by atoms with Crippen LogP contribution in [-0.4, -0.2) is 37.5 Å². The van der Waals surface area contributed by atoms with Crippen LogP contribution in [0.1, 0.15) is 53.8 Å². The number of rotatable bonds is 7. The molecule has 0 aliphatic carbocycles. The van der Waals surface area contributed by atoms with Crippen LogP contribution in [0.2, 0.25) is 10.0 Å². The Kier molecular flexibility index (Phi) is 8.22. The number of hydrogen-bond acceptors (Lipinski definition) is 3. The summed E-state index contributed by atoms with van der Waals surface area (Å²) in [6, 6.07) is 12.6. The van der Waals surface area contributed by atoms with Crippen LogP contribution in [0.3, 0.4) is 0 Å². The van der Waals surface area contributed by atoms with Gasteiger partial charge in [0.15, 0.2) is 0 Å². The maximum atomic E-state index is 12.7. The van der Waals surface area contributed by atoms with Crippen LogP contribution in [-0.2, 0) is 0 Å². The highest BCUT2D eigenvalue weighted by Crippen LogP contribution is 2.25. The van der Waals surface area contributed by atoms with Crippen LogP contribution in [0.5, 0.6) is 0 Å². The quantitative estimate of drug-likeness (QED) is 0.597. The SMILES string of the molecule is CCC(C)CNC(=O)c1ccccc1N1CCC(NC(=O)c2ccc(Cl)cc2Cl)CC1. The number of carbonyl (C=O) groups is 2. The molecule has 2 aromatic carbocycles. The van der Waals surface area contributed by atoms with Crippen molar-refractivity contribution in [2.24, 2.45) is 5.92 Å². The molecule has 1 fully saturated rings. The van der Waals surface area contributed by atoms with Crippen LogP contribution in [0.25, 0.3) is 0 Å². The lowest BCUT2D eigenvalue weighted by Gasteiger charge is -2.35. The van der Waals surface area contributed by atoms with Crippen molar-refractivity contribution in [1.82, 2.24) is 10.6 Å². The lowest BCUT2D eigenvalue weighted by atomic mass is 10.0. The molecule has 5 nitrogen and oxygen atoms in total. The fourth-order valence-electron chi connectivity index (χ4n) is 3.65. The molecule has 7 heteroatoms. The van der Waals surface area contributed by atoms with Crippen LogP contribution < -0.4 is 15.5 Å². The van der Waals surface area contributed by atoms with Crippen molar-refractivity contribution < 1.29 is 9.59 Å². The second kappa shape index (κ2) is 10.9. The lowest BCUT2D eigenvalue weighted by Crippen LogP contribution is -2.45. The van der Waals surface area contributed by atoms with E-state index < -0.39 is 0 Å². The maximum absolute atomic E-state index is 12.7. The first-order valence-corrected chi connectivity index (χ1v) is 11.5. The van der Waals surface area contributed by atoms with Gasteiger partial charge in [0.2, 0.25) is 0 Å². The highest BCUT2D eigenvalue weighted by molar-refractivity contribution is 6.36. The Labute approximate surface area is 194 Å². The number of benzene rings is 2. The number of nitrogens with zero attached hydrogens (tertiary/aromatic N) is 1. The molecule has 31 heavy (non-hydrogen) atoms. The molecule has 1 saturated heterocycles. The highest BCUT2D eigenvalue weighted by Gasteiger charge is 2.24. The summed E-state index contributed by atoms with van der Waals surface area (Å²) in [5.74, 6) is 0.221. The van der Waals surface area contributed by atoms with Crippen molar-refractivity contribution in [1.29, 1.82) is 0 Å². The minimum atomic E-state index is -0.190. The van der Waals surface area contributed by atoms with E-state index in [1.807, 2.05) is 24.3 Å². The summed E-state index contributed by atoms with van der Waals surface area (Å²) in [4.78, 5) is 27.5. The van der Waals surface area contributed by atoms with Gasteiger partial charge in [0.25, 0.3) is 11.8 Å². The van der Waals surface area contributed by atoms with E-state index in [-0.39, 0.29) is 17.9 Å². The molecule has 0 aromatic heterocycles. The molecular weight excluding hydrogens is 433 g/mol. The van der Waals surface area contributed by atoms with Crippen molar-refractivity contribution in [3.8, 4) is 0 Å². The molecule has 1 heterocycles. The topological polar surface area (TPSA) is 61.4 Å². The third-order valence-corrected chi connectivity index (χ3v) is 6.35. The zero-order chi connectivity index (χ0) is 22.4. The fraction of sp³-hybridized carbons (Fsp3) is 0.417. The summed E-state index contributed by atoms with van der Waals surface area (Å²) in [5.41, 5.74) is 2.06. The average Bonchev–Trinajstić information content (AvgIpc) is 2.77. The summed E-state index contributed by atoms with van der Waals surface area (Å²) in [7, 11) is 0. The minimum Gasteiger partial charge on any atom is -0.371 e. The van der Waals surface area contributed by atoms with Gasteiger partial charge < -0.3 is 15.5 Å². The predicted octanol–water partition coefficient (Wildman–Crippen LogP) is 5.17. The molecule has 2 aromatic rings. The third-order valence-electron chi connectivity index (χ3n) is 5.80. The number of amides is 2. The summed E-state index contributed by atoms with van der Waals surface area (Å²) in [6.45, 7) is 6.44. The Hall–Kier alpha value is -2.24. The van der Waals surface area contributed by atoms with Gasteiger partial charge in [0.05, 0.1) is 16.1 Å². The highest BCUT2D eigenvalue weighted by atomic mass is 35.5. The largest absolute Gasteiger partial charge is 0.371 e. The van der Waals surface area contributed by atoms with Crippen LogP contribution in [0.4, 0.5) is 5.69 Å². The summed E-state index contributed by atoms with van der Waals surface area (Å²) < 4.78 is 0. The van der Waals surface area contributed by atoms with Crippen LogP contribution in [0, 0.1) is 5.92 Å². The lowest BCUT2D eigenvalue weighted by molar-refractivity contribution is 0.0929. The van der Waals surface area contributed by atoms with Gasteiger partial charge in [-0.1, -0.05) is 55.6 Å². The second-order valence-electron chi connectivity index (χ2n) is 8.10. The zero-order valence-corrected chi connectivity index (χ0v) is 19.5. The van der Waals surface area contributed by atoms with Gasteiger partial charge in [0, 0.05) is 36.4 Å². The van der Waals surface area contributed by atoms with E-state index in [0.717, 1.165) is 38.0 Å². The smallest absolute Gasteiger partial charge is 0.253 e. The number of piperidine rings is 1. The van der Waals surface area contributed by atoms with E-state index in [4.69, 9.17) is 23.2 Å². The summed E-state index contributed by atoms with van der Waals surface area (Å²) in [5, 5.41) is 6.97. The number of anilines is 1. The maximum Gasteiger partial charge on any atom is 0.253 e. The van der Waals surface area contributed by atoms with Crippen molar-refractivity contribution >= 4 is 40.7 Å². The molecule has 1 aliphatic heterocycles. The Morgan fingerprint density at radius 2 is 1.77 bits per heavy atom. The van der Waals surface area contributed by atoms with E-state index in [1.54, 1.807) is 18.2 Å². The molecule has 166 valence electrons. The first-order valence-electron chi connectivity index (χ1n) is 10.8. The number of para-hydroxylation sites is 1. The van der Waals surface area contributed by atoms with Crippen LogP contribution >= 0.6 is 23.2 Å². The molecule has 2 amide bonds. The normalized spacial score (nSPS) is 15.4. The van der Waals surface area contributed by atoms with Gasteiger partial charge in [0.1, 0.15) is 0 Å². The van der Waals surface area contributed by atoms with Gasteiger partial charge in [-0.3, -0.25) is 9.59 Å². The van der Waals surface area contributed by atoms with E-state index >= 15 is 0 Å². The Bertz CT molecular complexity index is 927. The van der Waals surface area contributed by atoms with Gasteiger partial charge in [-0.05, 0) is 49.1 Å². The van der Waals surface area contributed by atoms with Gasteiger partial charge >= 0.3 is 0 Å².